The topological polar surface area (TPSA) is 49.9 Å². The van der Waals surface area contributed by atoms with Gasteiger partial charge in [-0.2, -0.15) is 0 Å². The molecule has 0 fully saturated rings. The third kappa shape index (κ3) is 4.50. The second-order valence-electron chi connectivity index (χ2n) is 6.55. The molecule has 0 bridgehead atoms. The van der Waals surface area contributed by atoms with E-state index in [1.165, 1.54) is 0 Å². The van der Waals surface area contributed by atoms with Crippen LogP contribution >= 0.6 is 0 Å². The Bertz CT molecular complexity index is 1040. The third-order valence-corrected chi connectivity index (χ3v) is 4.66. The van der Waals surface area contributed by atoms with Gasteiger partial charge in [-0.1, -0.05) is 78.9 Å². The maximum absolute atomic E-state index is 9.49. The monoisotopic (exact) mass is 403 g/mol. The van der Waals surface area contributed by atoms with Gasteiger partial charge in [-0.05, 0) is 17.2 Å². The van der Waals surface area contributed by atoms with E-state index in [9.17, 15) is 5.11 Å². The van der Waals surface area contributed by atoms with Gasteiger partial charge < -0.3 is 17.5 Å². The molecule has 4 nitrogen and oxygen atoms in total. The number of aromatic nitrogens is 3. The zero-order valence-electron chi connectivity index (χ0n) is 15.9. The summed E-state index contributed by atoms with van der Waals surface area (Å²) >= 11 is 0. The molecule has 29 heavy (non-hydrogen) atoms. The molecule has 0 unspecified atom stereocenters. The fraction of sp³-hybridized carbons (Fsp3) is 0.125. The first-order valence-electron chi connectivity index (χ1n) is 9.46. The Kier molecular flexibility index (Phi) is 7.06. The van der Waals surface area contributed by atoms with Crippen LogP contribution in [0.2, 0.25) is 0 Å². The van der Waals surface area contributed by atoms with Crippen LogP contribution in [0, 0.1) is 0 Å². The highest BCUT2D eigenvalue weighted by atomic mass is 35.5. The van der Waals surface area contributed by atoms with E-state index >= 15 is 0 Å². The molecule has 4 rings (SSSR count). The number of rotatable bonds is 6. The van der Waals surface area contributed by atoms with Crippen LogP contribution in [0.5, 0.6) is 0 Å². The van der Waals surface area contributed by atoms with Crippen LogP contribution in [0.25, 0.3) is 33.9 Å². The minimum Gasteiger partial charge on any atom is -1.00 e. The maximum atomic E-state index is 9.49. The van der Waals surface area contributed by atoms with Gasteiger partial charge in [-0.3, -0.25) is 0 Å². The first-order chi connectivity index (χ1) is 13.9. The zero-order chi connectivity index (χ0) is 19.2. The van der Waals surface area contributed by atoms with Crippen molar-refractivity contribution in [2.75, 3.05) is 6.61 Å². The van der Waals surface area contributed by atoms with E-state index in [1.54, 1.807) is 0 Å². The van der Waals surface area contributed by atoms with Gasteiger partial charge in [0.2, 0.25) is 0 Å². The lowest BCUT2D eigenvalue weighted by molar-refractivity contribution is -0.678. The number of hydrogen-bond donors (Lipinski definition) is 1. The number of hydrogen-bond acceptors (Lipinski definition) is 3. The predicted molar refractivity (Wildman–Crippen MR) is 110 cm³/mol. The molecule has 1 heterocycles. The smallest absolute Gasteiger partial charge is 0.358 e. The number of aliphatic hydroxyl groups is 1. The Morgan fingerprint density at radius 3 is 1.72 bits per heavy atom. The minimum atomic E-state index is 0. The van der Waals surface area contributed by atoms with Crippen molar-refractivity contribution in [3.8, 4) is 33.9 Å². The van der Waals surface area contributed by atoms with Crippen molar-refractivity contribution in [2.45, 2.75) is 13.0 Å². The van der Waals surface area contributed by atoms with Crippen LogP contribution in [-0.2, 0) is 6.54 Å². The summed E-state index contributed by atoms with van der Waals surface area (Å²) in [6.45, 7) is 0.777. The molecule has 0 saturated heterocycles. The lowest BCUT2D eigenvalue weighted by Gasteiger charge is -2.13. The number of aliphatic hydroxyl groups excluding tert-OH is 1. The van der Waals surface area contributed by atoms with Crippen LogP contribution < -0.4 is 17.0 Å². The maximum Gasteiger partial charge on any atom is 0.358 e. The third-order valence-electron chi connectivity index (χ3n) is 4.66. The van der Waals surface area contributed by atoms with Gasteiger partial charge in [-0.25, -0.2) is 4.57 Å². The quantitative estimate of drug-likeness (QED) is 0.491. The van der Waals surface area contributed by atoms with Crippen LogP contribution in [-0.4, -0.2) is 21.9 Å². The lowest BCUT2D eigenvalue weighted by Crippen LogP contribution is -3.00. The summed E-state index contributed by atoms with van der Waals surface area (Å²) in [6, 6.07) is 30.4. The second-order valence-corrected chi connectivity index (χ2v) is 6.55. The average molecular weight is 404 g/mol. The highest BCUT2D eigenvalue weighted by Gasteiger charge is 2.26. The molecule has 5 heteroatoms. The SMILES string of the molecule is OCCC[n+]1c(-c2ccccc2)nnc(-c2ccccc2)c1-c1ccccc1.[Cl-]. The van der Waals surface area contributed by atoms with Crippen molar-refractivity contribution in [1.29, 1.82) is 0 Å². The Hall–Kier alpha value is -3.08. The summed E-state index contributed by atoms with van der Waals surface area (Å²) in [7, 11) is 0. The molecule has 0 aliphatic carbocycles. The summed E-state index contributed by atoms with van der Waals surface area (Å²) in [5.74, 6) is 0.799. The van der Waals surface area contributed by atoms with Crippen LogP contribution in [0.1, 0.15) is 6.42 Å². The van der Waals surface area contributed by atoms with Crippen LogP contribution in [0.3, 0.4) is 0 Å². The number of benzene rings is 3. The molecule has 1 N–H and O–H groups in total. The molecule has 0 radical (unpaired) electrons. The van der Waals surface area contributed by atoms with Crippen molar-refractivity contribution < 1.29 is 22.1 Å². The first kappa shape index (κ1) is 20.6. The Balaban J connectivity index is 0.00000240. The summed E-state index contributed by atoms with van der Waals surface area (Å²) in [4.78, 5) is 0. The Morgan fingerprint density at radius 2 is 1.17 bits per heavy atom. The normalized spacial score (nSPS) is 10.4. The molecule has 0 aliphatic heterocycles. The molecular formula is C24H22ClN3O. The first-order valence-corrected chi connectivity index (χ1v) is 9.46. The molecule has 0 aliphatic rings. The van der Waals surface area contributed by atoms with Gasteiger partial charge in [0, 0.05) is 24.2 Å². The van der Waals surface area contributed by atoms with E-state index in [0.717, 1.165) is 33.9 Å². The van der Waals surface area contributed by atoms with Gasteiger partial charge in [0.05, 0.1) is 17.2 Å². The van der Waals surface area contributed by atoms with E-state index in [4.69, 9.17) is 0 Å². The van der Waals surface area contributed by atoms with Crippen LogP contribution in [0.15, 0.2) is 91.0 Å². The number of nitrogens with zero attached hydrogens (tertiary/aromatic N) is 3. The molecule has 146 valence electrons. The summed E-state index contributed by atoms with van der Waals surface area (Å²) in [5.41, 5.74) is 4.95. The van der Waals surface area contributed by atoms with E-state index < -0.39 is 0 Å². The van der Waals surface area contributed by atoms with Crippen molar-refractivity contribution in [3.63, 3.8) is 0 Å². The minimum absolute atomic E-state index is 0. The number of halogens is 1. The lowest BCUT2D eigenvalue weighted by atomic mass is 10.0. The van der Waals surface area contributed by atoms with Crippen molar-refractivity contribution in [3.05, 3.63) is 91.0 Å². The van der Waals surface area contributed by atoms with E-state index in [0.29, 0.717) is 13.0 Å². The molecule has 1 aromatic heterocycles. The predicted octanol–water partition coefficient (Wildman–Crippen LogP) is 1.15. The molecule has 0 atom stereocenters. The van der Waals surface area contributed by atoms with Crippen LogP contribution in [0.4, 0.5) is 0 Å². The largest absolute Gasteiger partial charge is 1.00 e. The summed E-state index contributed by atoms with van der Waals surface area (Å²) < 4.78 is 2.18. The van der Waals surface area contributed by atoms with Gasteiger partial charge in [0.25, 0.3) is 0 Å². The van der Waals surface area contributed by atoms with Gasteiger partial charge in [0.1, 0.15) is 0 Å². The van der Waals surface area contributed by atoms with E-state index in [1.807, 2.05) is 66.7 Å². The van der Waals surface area contributed by atoms with E-state index in [-0.39, 0.29) is 19.0 Å². The Labute approximate surface area is 176 Å². The Morgan fingerprint density at radius 1 is 0.655 bits per heavy atom. The molecule has 3 aromatic carbocycles. The molecule has 0 amide bonds. The van der Waals surface area contributed by atoms with Crippen molar-refractivity contribution in [1.82, 2.24) is 10.2 Å². The highest BCUT2D eigenvalue weighted by molar-refractivity contribution is 5.76. The standard InChI is InChI=1S/C24H22N3O.ClH/c28-18-10-17-27-23(20-13-6-2-7-14-20)22(19-11-4-1-5-12-19)25-26-24(27)21-15-8-3-9-16-21;/h1-9,11-16,28H,10,17-18H2;1H/q+1;/p-1. The van der Waals surface area contributed by atoms with Gasteiger partial charge >= 0.3 is 5.82 Å². The molecule has 4 aromatic rings. The van der Waals surface area contributed by atoms with Gasteiger partial charge in [-0.15, -0.1) is 0 Å². The highest BCUT2D eigenvalue weighted by Crippen LogP contribution is 2.28. The molecular weight excluding hydrogens is 382 g/mol. The second kappa shape index (κ2) is 9.92. The fourth-order valence-electron chi connectivity index (χ4n) is 3.36. The summed E-state index contributed by atoms with van der Waals surface area (Å²) in [5, 5.41) is 18.7. The fourth-order valence-corrected chi connectivity index (χ4v) is 3.36. The molecule has 0 saturated carbocycles. The van der Waals surface area contributed by atoms with Gasteiger partial charge in [0.15, 0.2) is 11.4 Å². The van der Waals surface area contributed by atoms with Crippen molar-refractivity contribution in [2.24, 2.45) is 0 Å². The molecule has 0 spiro atoms. The zero-order valence-corrected chi connectivity index (χ0v) is 16.7. The average Bonchev–Trinajstić information content (AvgIpc) is 2.79. The van der Waals surface area contributed by atoms with E-state index in [2.05, 4.69) is 39.0 Å². The van der Waals surface area contributed by atoms with Crippen molar-refractivity contribution >= 4 is 0 Å². The summed E-state index contributed by atoms with van der Waals surface area (Å²) in [6.07, 6.45) is 0.643.